The molecule has 1 fully saturated rings. The van der Waals surface area contributed by atoms with Crippen molar-refractivity contribution >= 4 is 0 Å². The summed E-state index contributed by atoms with van der Waals surface area (Å²) in [5.41, 5.74) is 0. The van der Waals surface area contributed by atoms with Crippen LogP contribution in [-0.4, -0.2) is 18.4 Å². The lowest BCUT2D eigenvalue weighted by atomic mass is 10.3. The van der Waals surface area contributed by atoms with Gasteiger partial charge in [0.05, 0.1) is 0 Å². The van der Waals surface area contributed by atoms with E-state index >= 15 is 0 Å². The Morgan fingerprint density at radius 1 is 1.70 bits per heavy atom. The highest BCUT2D eigenvalue weighted by molar-refractivity contribution is 5.11. The Bertz CT molecular complexity index is 186. The molecule has 3 nitrogen and oxygen atoms in total. The van der Waals surface area contributed by atoms with Gasteiger partial charge in [-0.2, -0.15) is 0 Å². The van der Waals surface area contributed by atoms with Gasteiger partial charge in [0.25, 0.3) is 0 Å². The van der Waals surface area contributed by atoms with Crippen molar-refractivity contribution in [1.82, 2.24) is 5.32 Å². The van der Waals surface area contributed by atoms with Crippen molar-refractivity contribution in [1.29, 1.82) is 0 Å². The van der Waals surface area contributed by atoms with Gasteiger partial charge in [0.15, 0.2) is 0 Å². The fourth-order valence-corrected chi connectivity index (χ4v) is 1.31. The quantitative estimate of drug-likeness (QED) is 0.535. The molecule has 10 heavy (non-hydrogen) atoms. The van der Waals surface area contributed by atoms with Crippen molar-refractivity contribution in [2.24, 2.45) is 0 Å². The molecule has 0 bridgehead atoms. The van der Waals surface area contributed by atoms with Crippen LogP contribution in [0.3, 0.4) is 0 Å². The number of ether oxygens (including phenoxy) is 2. The third-order valence-corrected chi connectivity index (χ3v) is 1.65. The molecule has 0 aromatic carbocycles. The summed E-state index contributed by atoms with van der Waals surface area (Å²) < 4.78 is 11.0. The maximum Gasteiger partial charge on any atom is 0.205 e. The van der Waals surface area contributed by atoms with E-state index in [0.29, 0.717) is 0 Å². The molecule has 1 saturated heterocycles. The van der Waals surface area contributed by atoms with Gasteiger partial charge in [0.2, 0.25) is 5.79 Å². The zero-order valence-electron chi connectivity index (χ0n) is 6.18. The monoisotopic (exact) mass is 141 g/mol. The van der Waals surface area contributed by atoms with Crippen molar-refractivity contribution in [2.75, 3.05) is 6.54 Å². The SMILES string of the molecule is CC1(C)OC2=CNCC2O1. The summed E-state index contributed by atoms with van der Waals surface area (Å²) in [6, 6.07) is 0. The van der Waals surface area contributed by atoms with Gasteiger partial charge < -0.3 is 14.8 Å². The van der Waals surface area contributed by atoms with Crippen LogP contribution in [0, 0.1) is 0 Å². The van der Waals surface area contributed by atoms with Gasteiger partial charge in [-0.1, -0.05) is 0 Å². The highest BCUT2D eigenvalue weighted by atomic mass is 16.7. The van der Waals surface area contributed by atoms with Gasteiger partial charge in [0.1, 0.15) is 11.9 Å². The molecule has 2 heterocycles. The average molecular weight is 141 g/mol. The van der Waals surface area contributed by atoms with Gasteiger partial charge in [-0.25, -0.2) is 0 Å². The largest absolute Gasteiger partial charge is 0.463 e. The standard InChI is InChI=1S/C7H11NO2/c1-7(2)9-5-3-8-4-6(5)10-7/h3,6,8H,4H2,1-2H3. The van der Waals surface area contributed by atoms with Crippen LogP contribution < -0.4 is 5.32 Å². The van der Waals surface area contributed by atoms with Gasteiger partial charge in [-0.3, -0.25) is 0 Å². The van der Waals surface area contributed by atoms with E-state index in [1.54, 1.807) is 0 Å². The fourth-order valence-electron chi connectivity index (χ4n) is 1.31. The zero-order chi connectivity index (χ0) is 7.19. The van der Waals surface area contributed by atoms with Crippen LogP contribution in [0.1, 0.15) is 13.8 Å². The molecule has 0 saturated carbocycles. The van der Waals surface area contributed by atoms with Gasteiger partial charge in [-0.05, 0) is 0 Å². The van der Waals surface area contributed by atoms with Gasteiger partial charge in [0, 0.05) is 26.6 Å². The molecule has 0 aliphatic carbocycles. The summed E-state index contributed by atoms with van der Waals surface area (Å²) in [6.07, 6.45) is 2.02. The van der Waals surface area contributed by atoms with Crippen molar-refractivity contribution in [3.63, 3.8) is 0 Å². The van der Waals surface area contributed by atoms with Crippen LogP contribution in [-0.2, 0) is 9.47 Å². The Morgan fingerprint density at radius 2 is 2.50 bits per heavy atom. The van der Waals surface area contributed by atoms with Crippen molar-refractivity contribution < 1.29 is 9.47 Å². The molecule has 0 radical (unpaired) electrons. The first kappa shape index (κ1) is 6.04. The van der Waals surface area contributed by atoms with E-state index in [1.165, 1.54) is 0 Å². The predicted molar refractivity (Wildman–Crippen MR) is 36.1 cm³/mol. The first-order valence-electron chi connectivity index (χ1n) is 3.48. The number of nitrogens with one attached hydrogen (secondary N) is 1. The molecule has 1 atom stereocenters. The average Bonchev–Trinajstić information content (AvgIpc) is 2.20. The van der Waals surface area contributed by atoms with E-state index in [1.807, 2.05) is 20.0 Å². The zero-order valence-corrected chi connectivity index (χ0v) is 6.18. The molecular formula is C7H11NO2. The number of fused-ring (bicyclic) bond motifs is 1. The number of hydrogen-bond donors (Lipinski definition) is 1. The first-order valence-corrected chi connectivity index (χ1v) is 3.48. The number of rotatable bonds is 0. The van der Waals surface area contributed by atoms with Crippen LogP contribution in [0.25, 0.3) is 0 Å². The molecule has 3 heteroatoms. The highest BCUT2D eigenvalue weighted by Crippen LogP contribution is 2.31. The summed E-state index contributed by atoms with van der Waals surface area (Å²) >= 11 is 0. The molecule has 2 aliphatic rings. The van der Waals surface area contributed by atoms with E-state index in [9.17, 15) is 0 Å². The van der Waals surface area contributed by atoms with Crippen molar-refractivity contribution in [3.8, 4) is 0 Å². The third-order valence-electron chi connectivity index (χ3n) is 1.65. The van der Waals surface area contributed by atoms with E-state index in [2.05, 4.69) is 5.32 Å². The molecule has 2 rings (SSSR count). The third kappa shape index (κ3) is 0.778. The summed E-state index contributed by atoms with van der Waals surface area (Å²) in [5, 5.41) is 3.05. The Hall–Kier alpha value is -0.700. The summed E-state index contributed by atoms with van der Waals surface area (Å²) in [7, 11) is 0. The minimum atomic E-state index is -0.418. The molecule has 0 aromatic heterocycles. The van der Waals surface area contributed by atoms with Crippen LogP contribution >= 0.6 is 0 Å². The molecule has 0 amide bonds. The maximum atomic E-state index is 5.52. The molecule has 56 valence electrons. The van der Waals surface area contributed by atoms with E-state index < -0.39 is 5.79 Å². The Kier molecular flexibility index (Phi) is 1.01. The second-order valence-corrected chi connectivity index (χ2v) is 3.06. The topological polar surface area (TPSA) is 30.5 Å². The summed E-state index contributed by atoms with van der Waals surface area (Å²) in [5.74, 6) is 0.517. The Morgan fingerprint density at radius 3 is 3.20 bits per heavy atom. The van der Waals surface area contributed by atoms with Crippen LogP contribution in [0.15, 0.2) is 12.0 Å². The normalized spacial score (nSPS) is 34.2. The van der Waals surface area contributed by atoms with Crippen LogP contribution in [0.2, 0.25) is 0 Å². The lowest BCUT2D eigenvalue weighted by molar-refractivity contribution is -0.133. The summed E-state index contributed by atoms with van der Waals surface area (Å²) in [6.45, 7) is 4.69. The van der Waals surface area contributed by atoms with Crippen LogP contribution in [0.5, 0.6) is 0 Å². The second-order valence-electron chi connectivity index (χ2n) is 3.06. The summed E-state index contributed by atoms with van der Waals surface area (Å²) in [4.78, 5) is 0. The molecular weight excluding hydrogens is 130 g/mol. The molecule has 0 aromatic rings. The van der Waals surface area contributed by atoms with Gasteiger partial charge >= 0.3 is 0 Å². The van der Waals surface area contributed by atoms with Crippen LogP contribution in [0.4, 0.5) is 0 Å². The smallest absolute Gasteiger partial charge is 0.205 e. The Labute approximate surface area is 60.0 Å². The minimum Gasteiger partial charge on any atom is -0.463 e. The maximum absolute atomic E-state index is 5.52. The number of hydrogen-bond acceptors (Lipinski definition) is 3. The lowest BCUT2D eigenvalue weighted by Gasteiger charge is -2.16. The van der Waals surface area contributed by atoms with Crippen molar-refractivity contribution in [2.45, 2.75) is 25.7 Å². The fraction of sp³-hybridized carbons (Fsp3) is 0.714. The molecule has 1 N–H and O–H groups in total. The predicted octanol–water partition coefficient (Wildman–Crippen LogP) is 0.582. The van der Waals surface area contributed by atoms with Gasteiger partial charge in [-0.15, -0.1) is 0 Å². The van der Waals surface area contributed by atoms with E-state index in [-0.39, 0.29) is 6.10 Å². The van der Waals surface area contributed by atoms with E-state index in [4.69, 9.17) is 9.47 Å². The second kappa shape index (κ2) is 1.66. The highest BCUT2D eigenvalue weighted by Gasteiger charge is 2.39. The lowest BCUT2D eigenvalue weighted by Crippen LogP contribution is -2.25. The molecule has 0 spiro atoms. The van der Waals surface area contributed by atoms with Crippen molar-refractivity contribution in [3.05, 3.63) is 12.0 Å². The first-order chi connectivity index (χ1) is 4.67. The molecule has 2 aliphatic heterocycles. The molecule has 1 unspecified atom stereocenters. The minimum absolute atomic E-state index is 0.148. The van der Waals surface area contributed by atoms with E-state index in [0.717, 1.165) is 12.3 Å². The Balaban J connectivity index is 2.19.